The summed E-state index contributed by atoms with van der Waals surface area (Å²) in [6, 6.07) is 15.9. The molecule has 2 aromatic carbocycles. The molecule has 8 nitrogen and oxygen atoms in total. The minimum absolute atomic E-state index is 0.468. The Labute approximate surface area is 137 Å². The molecule has 0 aliphatic heterocycles. The maximum Gasteiger partial charge on any atom is 0.193 e. The van der Waals surface area contributed by atoms with Crippen molar-refractivity contribution in [1.29, 1.82) is 0 Å². The van der Waals surface area contributed by atoms with Gasteiger partial charge in [0.15, 0.2) is 5.82 Å². The second-order valence-corrected chi connectivity index (χ2v) is 5.23. The summed E-state index contributed by atoms with van der Waals surface area (Å²) in [6.07, 6.45) is 1.78. The van der Waals surface area contributed by atoms with Crippen LogP contribution in [0, 0.1) is 0 Å². The number of nitrogens with zero attached hydrogens (tertiary/aromatic N) is 5. The van der Waals surface area contributed by atoms with E-state index < -0.39 is 0 Å². The number of hydrogen-bond donors (Lipinski definition) is 2. The Morgan fingerprint density at radius 3 is 2.88 bits per heavy atom. The lowest BCUT2D eigenvalue weighted by molar-refractivity contribution is 0.0795. The molecule has 24 heavy (non-hydrogen) atoms. The van der Waals surface area contributed by atoms with Gasteiger partial charge < -0.3 is 10.2 Å². The van der Waals surface area contributed by atoms with Gasteiger partial charge in [-0.05, 0) is 23.8 Å². The number of aromatic amines is 1. The molecule has 0 atom stereocenters. The molecule has 0 unspecified atom stereocenters. The molecule has 0 radical (unpaired) electrons. The second kappa shape index (κ2) is 6.37. The van der Waals surface area contributed by atoms with Gasteiger partial charge in [-0.1, -0.05) is 40.4 Å². The van der Waals surface area contributed by atoms with Gasteiger partial charge in [-0.3, -0.25) is 0 Å². The first kappa shape index (κ1) is 14.2. The molecule has 0 saturated heterocycles. The molecule has 2 aromatic heterocycles. The van der Waals surface area contributed by atoms with Gasteiger partial charge in [-0.25, -0.2) is 0 Å². The zero-order chi connectivity index (χ0) is 16.2. The summed E-state index contributed by atoms with van der Waals surface area (Å²) in [5, 5.41) is 22.3. The molecule has 0 bridgehead atoms. The molecule has 4 aromatic rings. The van der Waals surface area contributed by atoms with Gasteiger partial charge in [0.1, 0.15) is 12.1 Å². The van der Waals surface area contributed by atoms with Crippen LogP contribution in [0.4, 0.5) is 5.69 Å². The third-order valence-corrected chi connectivity index (χ3v) is 3.57. The maximum atomic E-state index is 5.76. The van der Waals surface area contributed by atoms with E-state index in [1.165, 1.54) is 0 Å². The molecule has 0 amide bonds. The van der Waals surface area contributed by atoms with E-state index >= 15 is 0 Å². The second-order valence-electron chi connectivity index (χ2n) is 5.23. The predicted molar refractivity (Wildman–Crippen MR) is 88.0 cm³/mol. The summed E-state index contributed by atoms with van der Waals surface area (Å²) in [5.41, 5.74) is 2.96. The lowest BCUT2D eigenvalue weighted by Gasteiger charge is -2.07. The third kappa shape index (κ3) is 3.02. The SMILES string of the molecule is c1ccc(COn2ncc3cc(NCc4nn[nH]n4)ccc32)cc1. The molecule has 2 N–H and O–H groups in total. The van der Waals surface area contributed by atoms with E-state index in [1.54, 1.807) is 11.0 Å². The molecular weight excluding hydrogens is 306 g/mol. The van der Waals surface area contributed by atoms with Crippen LogP contribution in [0.25, 0.3) is 10.9 Å². The Kier molecular flexibility index (Phi) is 3.77. The molecule has 120 valence electrons. The zero-order valence-electron chi connectivity index (χ0n) is 12.8. The van der Waals surface area contributed by atoms with E-state index in [0.29, 0.717) is 19.0 Å². The molecule has 0 saturated carbocycles. The van der Waals surface area contributed by atoms with Crippen LogP contribution in [-0.2, 0) is 13.2 Å². The fourth-order valence-corrected chi connectivity index (χ4v) is 2.37. The van der Waals surface area contributed by atoms with Crippen LogP contribution in [0.2, 0.25) is 0 Å². The Bertz CT molecular complexity index is 918. The molecular formula is C16H15N7O. The average Bonchev–Trinajstić information content (AvgIpc) is 3.28. The molecule has 0 aliphatic carbocycles. The van der Waals surface area contributed by atoms with Crippen LogP contribution in [-0.4, -0.2) is 30.6 Å². The minimum Gasteiger partial charge on any atom is -0.391 e. The number of nitrogens with one attached hydrogen (secondary N) is 2. The summed E-state index contributed by atoms with van der Waals surface area (Å²) in [7, 11) is 0. The molecule has 8 heteroatoms. The smallest absolute Gasteiger partial charge is 0.193 e. The number of anilines is 1. The van der Waals surface area contributed by atoms with Crippen molar-refractivity contribution in [2.75, 3.05) is 5.32 Å². The predicted octanol–water partition coefficient (Wildman–Crippen LogP) is 1.79. The first-order chi connectivity index (χ1) is 11.9. The number of hydrogen-bond acceptors (Lipinski definition) is 6. The average molecular weight is 321 g/mol. The number of aromatic nitrogens is 6. The van der Waals surface area contributed by atoms with E-state index in [2.05, 4.69) is 31.0 Å². The first-order valence-corrected chi connectivity index (χ1v) is 7.50. The molecule has 2 heterocycles. The van der Waals surface area contributed by atoms with Gasteiger partial charge in [0.05, 0.1) is 12.7 Å². The van der Waals surface area contributed by atoms with E-state index in [9.17, 15) is 0 Å². The molecule has 4 rings (SSSR count). The van der Waals surface area contributed by atoms with Crippen molar-refractivity contribution in [3.05, 3.63) is 66.1 Å². The van der Waals surface area contributed by atoms with Crippen LogP contribution >= 0.6 is 0 Å². The van der Waals surface area contributed by atoms with Crippen LogP contribution in [0.1, 0.15) is 11.4 Å². The minimum atomic E-state index is 0.468. The maximum absolute atomic E-state index is 5.76. The summed E-state index contributed by atoms with van der Waals surface area (Å²) in [5.74, 6) is 0.608. The monoisotopic (exact) mass is 321 g/mol. The summed E-state index contributed by atoms with van der Waals surface area (Å²) < 4.78 is 0. The molecule has 0 spiro atoms. The standard InChI is InChI=1S/C16H15N7O/c1-2-4-12(5-3-1)11-24-23-15-7-6-14(8-13(15)9-18-23)17-10-16-19-21-22-20-16/h1-9,17H,10-11H2,(H,19,20,21,22). The van der Waals surface area contributed by atoms with Crippen molar-refractivity contribution >= 4 is 16.6 Å². The van der Waals surface area contributed by atoms with E-state index in [0.717, 1.165) is 22.2 Å². The van der Waals surface area contributed by atoms with Gasteiger partial charge in [0, 0.05) is 11.1 Å². The quantitative estimate of drug-likeness (QED) is 0.562. The van der Waals surface area contributed by atoms with Crippen molar-refractivity contribution in [1.82, 2.24) is 30.6 Å². The lowest BCUT2D eigenvalue weighted by atomic mass is 10.2. The van der Waals surface area contributed by atoms with Gasteiger partial charge in [0.25, 0.3) is 0 Å². The zero-order valence-corrected chi connectivity index (χ0v) is 12.8. The number of fused-ring (bicyclic) bond motifs is 1. The number of tetrazole rings is 1. The molecule has 0 fully saturated rings. The van der Waals surface area contributed by atoms with Crippen molar-refractivity contribution in [2.24, 2.45) is 0 Å². The van der Waals surface area contributed by atoms with Gasteiger partial charge in [-0.15, -0.1) is 15.3 Å². The highest BCUT2D eigenvalue weighted by Crippen LogP contribution is 2.19. The van der Waals surface area contributed by atoms with Gasteiger partial charge in [0.2, 0.25) is 0 Å². The van der Waals surface area contributed by atoms with E-state index in [-0.39, 0.29) is 0 Å². The summed E-state index contributed by atoms with van der Waals surface area (Å²) >= 11 is 0. The number of benzene rings is 2. The van der Waals surface area contributed by atoms with Crippen LogP contribution in [0.3, 0.4) is 0 Å². The Morgan fingerprint density at radius 2 is 2.04 bits per heavy atom. The van der Waals surface area contributed by atoms with Crippen molar-refractivity contribution in [3.63, 3.8) is 0 Å². The highest BCUT2D eigenvalue weighted by atomic mass is 16.7. The summed E-state index contributed by atoms with van der Waals surface area (Å²) in [6.45, 7) is 0.968. The van der Waals surface area contributed by atoms with Crippen LogP contribution in [0.5, 0.6) is 0 Å². The van der Waals surface area contributed by atoms with Gasteiger partial charge >= 0.3 is 0 Å². The Hall–Kier alpha value is -3.42. The topological polar surface area (TPSA) is 93.5 Å². The number of H-pyrrole nitrogens is 1. The highest BCUT2D eigenvalue weighted by Gasteiger charge is 2.06. The van der Waals surface area contributed by atoms with Crippen LogP contribution in [0.15, 0.2) is 54.7 Å². The molecule has 0 aliphatic rings. The van der Waals surface area contributed by atoms with Gasteiger partial charge in [-0.2, -0.15) is 5.21 Å². The summed E-state index contributed by atoms with van der Waals surface area (Å²) in [4.78, 5) is 7.30. The first-order valence-electron chi connectivity index (χ1n) is 7.50. The van der Waals surface area contributed by atoms with Crippen molar-refractivity contribution in [2.45, 2.75) is 13.2 Å². The van der Waals surface area contributed by atoms with E-state index in [1.807, 2.05) is 48.5 Å². The van der Waals surface area contributed by atoms with Crippen molar-refractivity contribution in [3.8, 4) is 0 Å². The van der Waals surface area contributed by atoms with E-state index in [4.69, 9.17) is 4.84 Å². The number of rotatable bonds is 6. The highest BCUT2D eigenvalue weighted by molar-refractivity contribution is 5.82. The third-order valence-electron chi connectivity index (χ3n) is 3.57. The fourth-order valence-electron chi connectivity index (χ4n) is 2.37. The Balaban J connectivity index is 1.46. The normalized spacial score (nSPS) is 10.8. The van der Waals surface area contributed by atoms with Crippen molar-refractivity contribution < 1.29 is 4.84 Å². The fraction of sp³-hybridized carbons (Fsp3) is 0.125. The largest absolute Gasteiger partial charge is 0.391 e. The Morgan fingerprint density at radius 1 is 1.12 bits per heavy atom. The van der Waals surface area contributed by atoms with Crippen LogP contribution < -0.4 is 10.2 Å². The lowest BCUT2D eigenvalue weighted by Crippen LogP contribution is -2.12.